The van der Waals surface area contributed by atoms with Crippen molar-refractivity contribution in [2.45, 2.75) is 44.9 Å². The molecule has 0 saturated heterocycles. The minimum absolute atomic E-state index is 0.362. The summed E-state index contributed by atoms with van der Waals surface area (Å²) in [7, 11) is 1.77. The van der Waals surface area contributed by atoms with Crippen molar-refractivity contribution < 1.29 is 4.39 Å². The number of fused-ring (bicyclic) bond motifs is 1. The summed E-state index contributed by atoms with van der Waals surface area (Å²) in [6, 6.07) is 5.09. The van der Waals surface area contributed by atoms with Gasteiger partial charge in [0.25, 0.3) is 0 Å². The standard InChI is InChI=1S/C15H11FN6S.C7H14/c1-17-12-3-2-11(21-22-12)9-4-10(16)13(8-5-19-20-6-8)14-15(9)23-7-18-14;1-2-4-6-7-5-3-1/h2-7H,1H3,(H,17,22)(H,19,20);1-7H2. The minimum Gasteiger partial charge on any atom is -0.372 e. The Balaban J connectivity index is 0.000000265. The molecule has 0 atom stereocenters. The molecule has 156 valence electrons. The molecule has 4 aromatic rings. The second-order valence-electron chi connectivity index (χ2n) is 7.33. The first-order chi connectivity index (χ1) is 14.8. The van der Waals surface area contributed by atoms with Gasteiger partial charge in [-0.2, -0.15) is 5.10 Å². The van der Waals surface area contributed by atoms with Gasteiger partial charge in [-0.25, -0.2) is 9.37 Å². The second kappa shape index (κ2) is 9.75. The summed E-state index contributed by atoms with van der Waals surface area (Å²) in [4.78, 5) is 4.33. The first kappa shape index (κ1) is 20.4. The van der Waals surface area contributed by atoms with Crippen LogP contribution in [0.2, 0.25) is 0 Å². The van der Waals surface area contributed by atoms with Crippen molar-refractivity contribution in [2.75, 3.05) is 12.4 Å². The number of anilines is 1. The fraction of sp³-hybridized carbons (Fsp3) is 0.364. The number of thiazole rings is 1. The molecular weight excluding hydrogens is 399 g/mol. The zero-order valence-corrected chi connectivity index (χ0v) is 17.8. The van der Waals surface area contributed by atoms with Crippen LogP contribution in [0.3, 0.4) is 0 Å². The summed E-state index contributed by atoms with van der Waals surface area (Å²) >= 11 is 1.45. The van der Waals surface area contributed by atoms with Crippen molar-refractivity contribution in [3.05, 3.63) is 41.9 Å². The molecule has 0 unspecified atom stereocenters. The van der Waals surface area contributed by atoms with Crippen LogP contribution in [0.25, 0.3) is 32.6 Å². The highest BCUT2D eigenvalue weighted by Crippen LogP contribution is 2.38. The fourth-order valence-corrected chi connectivity index (χ4v) is 4.51. The summed E-state index contributed by atoms with van der Waals surface area (Å²) in [6.45, 7) is 0. The highest BCUT2D eigenvalue weighted by molar-refractivity contribution is 7.17. The predicted molar refractivity (Wildman–Crippen MR) is 120 cm³/mol. The molecule has 30 heavy (non-hydrogen) atoms. The number of nitrogens with zero attached hydrogens (tertiary/aromatic N) is 4. The number of hydrogen-bond donors (Lipinski definition) is 2. The van der Waals surface area contributed by atoms with Gasteiger partial charge < -0.3 is 5.32 Å². The summed E-state index contributed by atoms with van der Waals surface area (Å²) in [5, 5.41) is 17.7. The Bertz CT molecular complexity index is 1060. The normalized spacial score (nSPS) is 14.1. The highest BCUT2D eigenvalue weighted by Gasteiger charge is 2.18. The molecule has 1 saturated carbocycles. The molecule has 1 aliphatic rings. The molecule has 0 bridgehead atoms. The number of aromatic amines is 1. The van der Waals surface area contributed by atoms with Gasteiger partial charge in [-0.05, 0) is 18.2 Å². The zero-order valence-electron chi connectivity index (χ0n) is 17.0. The lowest BCUT2D eigenvalue weighted by atomic mass is 10.0. The molecule has 5 rings (SSSR count). The molecule has 0 spiro atoms. The van der Waals surface area contributed by atoms with Gasteiger partial charge in [0.15, 0.2) is 0 Å². The molecule has 0 radical (unpaired) electrons. The smallest absolute Gasteiger partial charge is 0.148 e. The number of halogens is 1. The molecule has 3 aromatic heterocycles. The van der Waals surface area contributed by atoms with Gasteiger partial charge in [0, 0.05) is 29.9 Å². The third kappa shape index (κ3) is 4.48. The van der Waals surface area contributed by atoms with Crippen LogP contribution in [0.15, 0.2) is 36.1 Å². The molecule has 6 nitrogen and oxygen atoms in total. The number of H-pyrrole nitrogens is 1. The van der Waals surface area contributed by atoms with Gasteiger partial charge in [0.2, 0.25) is 0 Å². The van der Waals surface area contributed by atoms with E-state index in [4.69, 9.17) is 0 Å². The Morgan fingerprint density at radius 1 is 1.03 bits per heavy atom. The largest absolute Gasteiger partial charge is 0.372 e. The van der Waals surface area contributed by atoms with Gasteiger partial charge in [0.05, 0.1) is 27.6 Å². The maximum atomic E-state index is 14.7. The van der Waals surface area contributed by atoms with Crippen LogP contribution in [0.1, 0.15) is 44.9 Å². The van der Waals surface area contributed by atoms with Crippen LogP contribution in [0, 0.1) is 5.82 Å². The molecule has 1 aliphatic carbocycles. The molecule has 1 fully saturated rings. The third-order valence-electron chi connectivity index (χ3n) is 5.29. The quantitative estimate of drug-likeness (QED) is 0.391. The maximum absolute atomic E-state index is 14.7. The summed E-state index contributed by atoms with van der Waals surface area (Å²) in [5.41, 5.74) is 4.70. The third-order valence-corrected chi connectivity index (χ3v) is 6.15. The van der Waals surface area contributed by atoms with Crippen LogP contribution in [0.5, 0.6) is 0 Å². The van der Waals surface area contributed by atoms with E-state index in [1.807, 2.05) is 6.07 Å². The van der Waals surface area contributed by atoms with Gasteiger partial charge in [-0.1, -0.05) is 44.9 Å². The summed E-state index contributed by atoms with van der Waals surface area (Å²) in [6.07, 6.45) is 13.7. The van der Waals surface area contributed by atoms with Gasteiger partial charge in [0.1, 0.15) is 11.6 Å². The van der Waals surface area contributed by atoms with Crippen molar-refractivity contribution in [3.8, 4) is 22.4 Å². The van der Waals surface area contributed by atoms with Crippen LogP contribution in [-0.2, 0) is 0 Å². The van der Waals surface area contributed by atoms with E-state index in [0.717, 1.165) is 4.70 Å². The molecular formula is C22H25FN6S. The van der Waals surface area contributed by atoms with E-state index in [-0.39, 0.29) is 5.82 Å². The average molecular weight is 425 g/mol. The molecule has 0 aliphatic heterocycles. The highest BCUT2D eigenvalue weighted by atomic mass is 32.1. The van der Waals surface area contributed by atoms with Gasteiger partial charge in [-0.15, -0.1) is 21.5 Å². The lowest BCUT2D eigenvalue weighted by Crippen LogP contribution is -1.96. The van der Waals surface area contributed by atoms with E-state index in [1.54, 1.807) is 31.0 Å². The number of rotatable bonds is 3. The Morgan fingerprint density at radius 3 is 2.33 bits per heavy atom. The zero-order chi connectivity index (χ0) is 20.8. The minimum atomic E-state index is -0.362. The van der Waals surface area contributed by atoms with Crippen LogP contribution < -0.4 is 5.32 Å². The predicted octanol–water partition coefficient (Wildman–Crippen LogP) is 6.05. The van der Waals surface area contributed by atoms with Gasteiger partial charge in [-0.3, -0.25) is 5.10 Å². The number of hydrogen-bond acceptors (Lipinski definition) is 6. The van der Waals surface area contributed by atoms with E-state index < -0.39 is 0 Å². The van der Waals surface area contributed by atoms with Crippen molar-refractivity contribution in [1.82, 2.24) is 25.4 Å². The Morgan fingerprint density at radius 2 is 1.77 bits per heavy atom. The molecule has 1 aromatic carbocycles. The van der Waals surface area contributed by atoms with Crippen LogP contribution in [0.4, 0.5) is 10.2 Å². The topological polar surface area (TPSA) is 79.4 Å². The molecule has 0 amide bonds. The Labute approximate surface area is 179 Å². The van der Waals surface area contributed by atoms with Crippen LogP contribution in [-0.4, -0.2) is 32.4 Å². The first-order valence-corrected chi connectivity index (χ1v) is 11.2. The number of benzene rings is 1. The van der Waals surface area contributed by atoms with Gasteiger partial charge >= 0.3 is 0 Å². The number of nitrogens with one attached hydrogen (secondary N) is 2. The Hall–Kier alpha value is -2.87. The fourth-order valence-electron chi connectivity index (χ4n) is 3.69. The van der Waals surface area contributed by atoms with E-state index in [0.29, 0.717) is 33.7 Å². The lowest BCUT2D eigenvalue weighted by Gasteiger charge is -2.07. The summed E-state index contributed by atoms with van der Waals surface area (Å²) in [5.74, 6) is 0.295. The molecule has 2 N–H and O–H groups in total. The van der Waals surface area contributed by atoms with Crippen molar-refractivity contribution >= 4 is 27.4 Å². The average Bonchev–Trinajstić information content (AvgIpc) is 3.40. The number of aromatic nitrogens is 5. The van der Waals surface area contributed by atoms with E-state index >= 15 is 0 Å². The SMILES string of the molecule is C1CCCCCC1.CNc1ccc(-c2cc(F)c(-c3cn[nH]c3)c3ncsc23)nn1. The second-order valence-corrected chi connectivity index (χ2v) is 8.18. The maximum Gasteiger partial charge on any atom is 0.148 e. The van der Waals surface area contributed by atoms with Crippen molar-refractivity contribution in [2.24, 2.45) is 0 Å². The van der Waals surface area contributed by atoms with E-state index in [9.17, 15) is 4.39 Å². The van der Waals surface area contributed by atoms with Crippen LogP contribution >= 0.6 is 11.3 Å². The lowest BCUT2D eigenvalue weighted by molar-refractivity contribution is 0.633. The van der Waals surface area contributed by atoms with E-state index in [2.05, 4.69) is 30.7 Å². The molecule has 8 heteroatoms. The molecule has 3 heterocycles. The monoisotopic (exact) mass is 424 g/mol. The Kier molecular flexibility index (Phi) is 6.63. The summed E-state index contributed by atoms with van der Waals surface area (Å²) < 4.78 is 15.6. The first-order valence-electron chi connectivity index (χ1n) is 10.3. The van der Waals surface area contributed by atoms with Crippen molar-refractivity contribution in [1.29, 1.82) is 0 Å². The van der Waals surface area contributed by atoms with E-state index in [1.165, 1.54) is 62.3 Å². The van der Waals surface area contributed by atoms with Crippen molar-refractivity contribution in [3.63, 3.8) is 0 Å².